The van der Waals surface area contributed by atoms with Crippen LogP contribution in [-0.4, -0.2) is 50.5 Å². The maximum Gasteiger partial charge on any atom is 0.310 e. The summed E-state index contributed by atoms with van der Waals surface area (Å²) in [6, 6.07) is 6.22. The van der Waals surface area contributed by atoms with Gasteiger partial charge in [-0.05, 0) is 26.3 Å². The molecule has 0 atom stereocenters. The Kier molecular flexibility index (Phi) is 10.8. The van der Waals surface area contributed by atoms with Crippen LogP contribution in [0.25, 0.3) is 0 Å². The number of hydrogen-bond acceptors (Lipinski definition) is 7. The van der Waals surface area contributed by atoms with E-state index in [0.29, 0.717) is 19.8 Å². The van der Waals surface area contributed by atoms with Gasteiger partial charge in [0, 0.05) is 19.3 Å². The van der Waals surface area contributed by atoms with E-state index in [-0.39, 0.29) is 31.3 Å². The Bertz CT molecular complexity index is 518. The van der Waals surface area contributed by atoms with E-state index in [2.05, 4.69) is 6.92 Å². The normalized spacial score (nSPS) is 11.5. The van der Waals surface area contributed by atoms with Crippen molar-refractivity contribution in [2.75, 3.05) is 39.6 Å². The van der Waals surface area contributed by atoms with Gasteiger partial charge in [0.2, 0.25) is 0 Å². The monoisotopic (exact) mass is 371 g/mol. The molecule has 0 heterocycles. The van der Waals surface area contributed by atoms with Crippen LogP contribution in [0.1, 0.15) is 33.6 Å². The summed E-state index contributed by atoms with van der Waals surface area (Å²) >= 11 is 0. The lowest BCUT2D eigenvalue weighted by Gasteiger charge is -2.32. The standard InChI is InChI=1S/C18H29NO7/c1-4-7-12-26-18(24-5-2,25-6-3)15-22-13-14-23-17-11-9-8-10-16(17)19(20)21/h8-11H,4-7,12-15H2,1-3H3. The van der Waals surface area contributed by atoms with Crippen LogP contribution in [0.5, 0.6) is 5.75 Å². The van der Waals surface area contributed by atoms with Crippen LogP contribution in [0, 0.1) is 10.1 Å². The Morgan fingerprint density at radius 2 is 1.69 bits per heavy atom. The average Bonchev–Trinajstić information content (AvgIpc) is 2.62. The van der Waals surface area contributed by atoms with Crippen LogP contribution in [-0.2, 0) is 18.9 Å². The molecule has 1 rings (SSSR count). The van der Waals surface area contributed by atoms with Crippen LogP contribution in [0.15, 0.2) is 24.3 Å². The summed E-state index contributed by atoms with van der Waals surface area (Å²) in [5.74, 6) is -1.03. The van der Waals surface area contributed by atoms with Crippen molar-refractivity contribution in [3.8, 4) is 5.75 Å². The minimum atomic E-state index is -1.24. The van der Waals surface area contributed by atoms with Gasteiger partial charge in [0.1, 0.15) is 13.2 Å². The average molecular weight is 371 g/mol. The predicted octanol–water partition coefficient (Wildman–Crippen LogP) is 3.53. The van der Waals surface area contributed by atoms with Crippen molar-refractivity contribution in [2.45, 2.75) is 39.6 Å². The molecule has 1 aromatic rings. The highest BCUT2D eigenvalue weighted by molar-refractivity contribution is 5.45. The minimum Gasteiger partial charge on any atom is -0.484 e. The molecule has 0 aliphatic carbocycles. The van der Waals surface area contributed by atoms with Crippen LogP contribution in [0.4, 0.5) is 5.69 Å². The molecule has 0 spiro atoms. The van der Waals surface area contributed by atoms with Crippen molar-refractivity contribution in [1.82, 2.24) is 0 Å². The summed E-state index contributed by atoms with van der Waals surface area (Å²) in [6.07, 6.45) is 1.89. The molecular formula is C18H29NO7. The second kappa shape index (κ2) is 12.6. The zero-order valence-electron chi connectivity index (χ0n) is 15.8. The molecule has 0 amide bonds. The molecule has 0 bridgehead atoms. The summed E-state index contributed by atoms with van der Waals surface area (Å²) in [5.41, 5.74) is -0.0756. The quantitative estimate of drug-likeness (QED) is 0.202. The van der Waals surface area contributed by atoms with Crippen LogP contribution in [0.2, 0.25) is 0 Å². The van der Waals surface area contributed by atoms with Crippen LogP contribution < -0.4 is 4.74 Å². The van der Waals surface area contributed by atoms with Crippen molar-refractivity contribution in [2.24, 2.45) is 0 Å². The summed E-state index contributed by atoms with van der Waals surface area (Å²) < 4.78 is 28.1. The summed E-state index contributed by atoms with van der Waals surface area (Å²) in [7, 11) is 0. The summed E-state index contributed by atoms with van der Waals surface area (Å²) in [6.45, 7) is 7.58. The van der Waals surface area contributed by atoms with E-state index in [1.165, 1.54) is 6.07 Å². The largest absolute Gasteiger partial charge is 0.484 e. The van der Waals surface area contributed by atoms with Crippen molar-refractivity contribution >= 4 is 5.69 Å². The van der Waals surface area contributed by atoms with E-state index >= 15 is 0 Å². The Morgan fingerprint density at radius 1 is 1.00 bits per heavy atom. The molecule has 0 saturated carbocycles. The molecule has 8 heteroatoms. The molecular weight excluding hydrogens is 342 g/mol. The fourth-order valence-electron chi connectivity index (χ4n) is 2.20. The molecule has 0 fully saturated rings. The van der Waals surface area contributed by atoms with Crippen LogP contribution in [0.3, 0.4) is 0 Å². The smallest absolute Gasteiger partial charge is 0.310 e. The maximum absolute atomic E-state index is 11.0. The Hall–Kier alpha value is -1.74. The number of nitro groups is 1. The number of hydrogen-bond donors (Lipinski definition) is 0. The van der Waals surface area contributed by atoms with Crippen LogP contribution >= 0.6 is 0 Å². The number of rotatable bonds is 15. The molecule has 0 N–H and O–H groups in total. The zero-order valence-corrected chi connectivity index (χ0v) is 15.8. The third-order valence-corrected chi connectivity index (χ3v) is 3.37. The Balaban J connectivity index is 2.49. The molecule has 0 aliphatic rings. The number of unbranched alkanes of at least 4 members (excludes halogenated alkanes) is 1. The lowest BCUT2D eigenvalue weighted by molar-refractivity contribution is -0.393. The Labute approximate surface area is 154 Å². The molecule has 0 aliphatic heterocycles. The first kappa shape index (κ1) is 22.3. The molecule has 8 nitrogen and oxygen atoms in total. The van der Waals surface area contributed by atoms with Gasteiger partial charge in [0.25, 0.3) is 0 Å². The van der Waals surface area contributed by atoms with Gasteiger partial charge in [-0.2, -0.15) is 0 Å². The van der Waals surface area contributed by atoms with Gasteiger partial charge in [-0.3, -0.25) is 10.1 Å². The lowest BCUT2D eigenvalue weighted by Crippen LogP contribution is -2.44. The highest BCUT2D eigenvalue weighted by atomic mass is 16.9. The number of nitro benzene ring substituents is 1. The van der Waals surface area contributed by atoms with Gasteiger partial charge in [0.15, 0.2) is 5.75 Å². The lowest BCUT2D eigenvalue weighted by atomic mass is 10.3. The van der Waals surface area contributed by atoms with Gasteiger partial charge in [0.05, 0.1) is 18.1 Å². The molecule has 0 saturated heterocycles. The third kappa shape index (κ3) is 7.65. The van der Waals surface area contributed by atoms with Gasteiger partial charge < -0.3 is 23.7 Å². The second-order valence-electron chi connectivity index (χ2n) is 5.38. The molecule has 0 unspecified atom stereocenters. The van der Waals surface area contributed by atoms with E-state index in [1.807, 2.05) is 13.8 Å². The molecule has 0 aromatic heterocycles. The van der Waals surface area contributed by atoms with E-state index < -0.39 is 10.9 Å². The highest BCUT2D eigenvalue weighted by Crippen LogP contribution is 2.25. The van der Waals surface area contributed by atoms with Crippen molar-refractivity contribution in [3.63, 3.8) is 0 Å². The van der Waals surface area contributed by atoms with Gasteiger partial charge >= 0.3 is 11.7 Å². The fraction of sp³-hybridized carbons (Fsp3) is 0.667. The van der Waals surface area contributed by atoms with E-state index in [0.717, 1.165) is 12.8 Å². The van der Waals surface area contributed by atoms with Gasteiger partial charge in [-0.1, -0.05) is 25.5 Å². The topological polar surface area (TPSA) is 89.3 Å². The first-order chi connectivity index (χ1) is 12.6. The van der Waals surface area contributed by atoms with Crippen molar-refractivity contribution in [3.05, 3.63) is 34.4 Å². The van der Waals surface area contributed by atoms with Crippen molar-refractivity contribution in [1.29, 1.82) is 0 Å². The summed E-state index contributed by atoms with van der Waals surface area (Å²) in [4.78, 5) is 10.5. The van der Waals surface area contributed by atoms with Gasteiger partial charge in [-0.15, -0.1) is 0 Å². The van der Waals surface area contributed by atoms with E-state index in [9.17, 15) is 10.1 Å². The molecule has 1 aromatic carbocycles. The number of para-hydroxylation sites is 2. The highest BCUT2D eigenvalue weighted by Gasteiger charge is 2.33. The molecule has 148 valence electrons. The third-order valence-electron chi connectivity index (χ3n) is 3.37. The maximum atomic E-state index is 11.0. The van der Waals surface area contributed by atoms with E-state index in [4.69, 9.17) is 23.7 Å². The molecule has 26 heavy (non-hydrogen) atoms. The zero-order chi connectivity index (χ0) is 19.3. The first-order valence-corrected chi connectivity index (χ1v) is 8.94. The first-order valence-electron chi connectivity index (χ1n) is 8.94. The Morgan fingerprint density at radius 3 is 2.31 bits per heavy atom. The SMILES string of the molecule is CCCCOC(COCCOc1ccccc1[N+](=O)[O-])(OCC)OCC. The summed E-state index contributed by atoms with van der Waals surface area (Å²) in [5, 5.41) is 11.0. The second-order valence-corrected chi connectivity index (χ2v) is 5.38. The van der Waals surface area contributed by atoms with E-state index in [1.54, 1.807) is 18.2 Å². The van der Waals surface area contributed by atoms with Crippen molar-refractivity contribution < 1.29 is 28.6 Å². The minimum absolute atomic E-state index is 0.0756. The van der Waals surface area contributed by atoms with Gasteiger partial charge in [-0.25, -0.2) is 0 Å². The number of benzene rings is 1. The predicted molar refractivity (Wildman–Crippen MR) is 96.3 cm³/mol. The number of ether oxygens (including phenoxy) is 5. The molecule has 0 radical (unpaired) electrons. The fourth-order valence-corrected chi connectivity index (χ4v) is 2.20. The number of nitrogens with zero attached hydrogens (tertiary/aromatic N) is 1.